The van der Waals surface area contributed by atoms with Crippen molar-refractivity contribution in [2.45, 2.75) is 0 Å². The quantitative estimate of drug-likeness (QED) is 0.494. The smallest absolute Gasteiger partial charge is 0.336 e. The summed E-state index contributed by atoms with van der Waals surface area (Å²) in [6, 6.07) is 6.81. The van der Waals surface area contributed by atoms with Crippen molar-refractivity contribution in [2.75, 3.05) is 7.11 Å². The van der Waals surface area contributed by atoms with Crippen molar-refractivity contribution >= 4 is 51.6 Å². The first-order valence-electron chi connectivity index (χ1n) is 5.42. The third kappa shape index (κ3) is 3.90. The second kappa shape index (κ2) is 5.97. The van der Waals surface area contributed by atoms with Crippen LogP contribution in [0, 0.1) is 0 Å². The molecule has 3 aromatic rings. The van der Waals surface area contributed by atoms with Crippen molar-refractivity contribution in [1.29, 1.82) is 0 Å². The van der Waals surface area contributed by atoms with E-state index in [4.69, 9.17) is 22.0 Å². The molecule has 0 aliphatic heterocycles. The number of methoxy groups -OCH3 is 1. The molecule has 2 heterocycles. The topological polar surface area (TPSA) is 86.7 Å². The predicted molar refractivity (Wildman–Crippen MR) is 79.4 cm³/mol. The third-order valence-electron chi connectivity index (χ3n) is 2.49. The maximum Gasteiger partial charge on any atom is 0.336 e. The molecule has 0 saturated heterocycles. The van der Waals surface area contributed by atoms with Crippen LogP contribution in [0.1, 0.15) is 0 Å². The summed E-state index contributed by atoms with van der Waals surface area (Å²) in [5, 5.41) is 1.73. The molecule has 2 aromatic heterocycles. The maximum absolute atomic E-state index is 11.2. The van der Waals surface area contributed by atoms with Gasteiger partial charge in [-0.1, -0.05) is 0 Å². The summed E-state index contributed by atoms with van der Waals surface area (Å²) in [5.41, 5.74) is 0.596. The Labute approximate surface area is 127 Å². The van der Waals surface area contributed by atoms with Gasteiger partial charge in [-0.3, -0.25) is 0 Å². The largest absolute Gasteiger partial charge is 0.490 e. The van der Waals surface area contributed by atoms with Crippen LogP contribution in [0.3, 0.4) is 0 Å². The van der Waals surface area contributed by atoms with Gasteiger partial charge >= 0.3 is 13.9 Å². The van der Waals surface area contributed by atoms with E-state index in [1.54, 1.807) is 12.3 Å². The lowest BCUT2D eigenvalue weighted by molar-refractivity contribution is 0.403. The van der Waals surface area contributed by atoms with Crippen LogP contribution >= 0.6 is 21.4 Å². The van der Waals surface area contributed by atoms with Crippen LogP contribution in [-0.2, 0) is 8.26 Å². The van der Waals surface area contributed by atoms with Crippen LogP contribution in [-0.4, -0.2) is 15.5 Å². The molecule has 3 rings (SSSR count). The van der Waals surface area contributed by atoms with Crippen LogP contribution in [0.5, 0.6) is 5.75 Å². The van der Waals surface area contributed by atoms with Crippen LogP contribution < -0.4 is 10.4 Å². The fourth-order valence-corrected chi connectivity index (χ4v) is 1.79. The van der Waals surface area contributed by atoms with Crippen molar-refractivity contribution in [1.82, 2.24) is 0 Å². The predicted octanol–water partition coefficient (Wildman–Crippen LogP) is 3.26. The Bertz CT molecular complexity index is 933. The van der Waals surface area contributed by atoms with E-state index in [-0.39, 0.29) is 0 Å². The molecule has 1 aromatic carbocycles. The van der Waals surface area contributed by atoms with Gasteiger partial charge in [0.1, 0.15) is 0 Å². The number of hydrogen-bond donors (Lipinski definition) is 0. The SMILES string of the molecule is COc1c2occc2cc2ccc(=O)oc12.O=S(=O)(Cl)Cl. The fraction of sp³-hybridized carbons (Fsp3) is 0.0833. The Morgan fingerprint density at radius 1 is 1.10 bits per heavy atom. The number of hydrogen-bond acceptors (Lipinski definition) is 6. The summed E-state index contributed by atoms with van der Waals surface area (Å²) in [5.74, 6) is 0.454. The third-order valence-corrected chi connectivity index (χ3v) is 2.49. The lowest BCUT2D eigenvalue weighted by atomic mass is 10.1. The average molecular weight is 351 g/mol. The summed E-state index contributed by atoms with van der Waals surface area (Å²) >= 11 is 0. The Hall–Kier alpha value is -1.70. The van der Waals surface area contributed by atoms with Gasteiger partial charge in [0.25, 0.3) is 0 Å². The number of rotatable bonds is 1. The molecule has 112 valence electrons. The van der Waals surface area contributed by atoms with Gasteiger partial charge in [-0.25, -0.2) is 4.79 Å². The standard InChI is InChI=1S/C12H8O4.Cl2O2S/c1-14-12-10-8(4-5-15-10)6-7-2-3-9(13)16-11(7)12;1-5(2,3)4/h2-6H,1H3;. The number of furan rings is 1. The van der Waals surface area contributed by atoms with E-state index in [1.165, 1.54) is 13.2 Å². The minimum absolute atomic E-state index is 0.406. The molecule has 0 unspecified atom stereocenters. The number of ether oxygens (including phenoxy) is 1. The first kappa shape index (κ1) is 15.7. The molecule has 21 heavy (non-hydrogen) atoms. The lowest BCUT2D eigenvalue weighted by Crippen LogP contribution is -1.96. The summed E-state index contributed by atoms with van der Waals surface area (Å²) in [6.07, 6.45) is 1.57. The molecule has 0 spiro atoms. The molecule has 0 N–H and O–H groups in total. The Morgan fingerprint density at radius 3 is 2.33 bits per heavy atom. The van der Waals surface area contributed by atoms with Gasteiger partial charge in [0.2, 0.25) is 5.75 Å². The number of halogens is 2. The summed E-state index contributed by atoms with van der Waals surface area (Å²) in [6.45, 7) is 0. The molecule has 6 nitrogen and oxygen atoms in total. The molecule has 0 radical (unpaired) electrons. The highest BCUT2D eigenvalue weighted by Gasteiger charge is 2.12. The first-order valence-corrected chi connectivity index (χ1v) is 8.55. The molecule has 0 saturated carbocycles. The second-order valence-electron chi connectivity index (χ2n) is 3.80. The van der Waals surface area contributed by atoms with Crippen molar-refractivity contribution in [2.24, 2.45) is 0 Å². The van der Waals surface area contributed by atoms with Crippen LogP contribution in [0.25, 0.3) is 21.9 Å². The fourth-order valence-electron chi connectivity index (χ4n) is 1.79. The van der Waals surface area contributed by atoms with Crippen molar-refractivity contribution in [3.63, 3.8) is 0 Å². The molecule has 0 aliphatic carbocycles. The zero-order valence-corrected chi connectivity index (χ0v) is 12.8. The molecule has 0 amide bonds. The van der Waals surface area contributed by atoms with Crippen molar-refractivity contribution < 1.29 is 22.0 Å². The van der Waals surface area contributed by atoms with E-state index in [2.05, 4.69) is 21.4 Å². The minimum atomic E-state index is -3.72. The highest BCUT2D eigenvalue weighted by Crippen LogP contribution is 2.34. The Kier molecular flexibility index (Phi) is 4.46. The van der Waals surface area contributed by atoms with Gasteiger partial charge < -0.3 is 13.6 Å². The van der Waals surface area contributed by atoms with Crippen LogP contribution in [0.4, 0.5) is 0 Å². The monoisotopic (exact) mass is 350 g/mol. The van der Waals surface area contributed by atoms with E-state index in [0.29, 0.717) is 16.9 Å². The maximum atomic E-state index is 11.2. The van der Waals surface area contributed by atoms with Gasteiger partial charge in [-0.15, -0.1) is 0 Å². The van der Waals surface area contributed by atoms with Crippen LogP contribution in [0.2, 0.25) is 0 Å². The van der Waals surface area contributed by atoms with Gasteiger partial charge in [0, 0.05) is 38.2 Å². The molecule has 0 fully saturated rings. The van der Waals surface area contributed by atoms with Gasteiger partial charge in [0.15, 0.2) is 11.2 Å². The van der Waals surface area contributed by atoms with Gasteiger partial charge in [-0.05, 0) is 18.2 Å². The summed E-state index contributed by atoms with van der Waals surface area (Å²) < 4.78 is 34.0. The zero-order chi connectivity index (χ0) is 15.6. The van der Waals surface area contributed by atoms with E-state index in [9.17, 15) is 4.79 Å². The van der Waals surface area contributed by atoms with E-state index in [1.807, 2.05) is 12.1 Å². The number of fused-ring (bicyclic) bond motifs is 2. The van der Waals surface area contributed by atoms with E-state index >= 15 is 0 Å². The lowest BCUT2D eigenvalue weighted by Gasteiger charge is -2.03. The average Bonchev–Trinajstić information content (AvgIpc) is 2.81. The molecular weight excluding hydrogens is 343 g/mol. The highest BCUT2D eigenvalue weighted by molar-refractivity contribution is 8.31. The van der Waals surface area contributed by atoms with Crippen molar-refractivity contribution in [3.8, 4) is 5.75 Å². The molecule has 0 aliphatic rings. The Balaban J connectivity index is 0.000000282. The highest BCUT2D eigenvalue weighted by atomic mass is 36.0. The van der Waals surface area contributed by atoms with E-state index in [0.717, 1.165) is 10.8 Å². The van der Waals surface area contributed by atoms with Gasteiger partial charge in [-0.2, -0.15) is 8.42 Å². The Morgan fingerprint density at radius 2 is 1.71 bits per heavy atom. The molecule has 0 atom stereocenters. The normalized spacial score (nSPS) is 11.2. The van der Waals surface area contributed by atoms with E-state index < -0.39 is 13.9 Å². The van der Waals surface area contributed by atoms with Crippen molar-refractivity contribution in [3.05, 3.63) is 40.9 Å². The summed E-state index contributed by atoms with van der Waals surface area (Å²) in [4.78, 5) is 11.2. The zero-order valence-electron chi connectivity index (χ0n) is 10.5. The minimum Gasteiger partial charge on any atom is -0.490 e. The molecular formula is C12H8Cl2O6S. The first-order chi connectivity index (χ1) is 9.79. The molecule has 9 heteroatoms. The van der Waals surface area contributed by atoms with Gasteiger partial charge in [0.05, 0.1) is 13.4 Å². The number of benzene rings is 1. The molecule has 0 bridgehead atoms. The van der Waals surface area contributed by atoms with Crippen LogP contribution in [0.15, 0.2) is 44.2 Å². The summed E-state index contributed by atoms with van der Waals surface area (Å²) in [7, 11) is 6.33. The second-order valence-corrected chi connectivity index (χ2v) is 7.47.